The molecule has 0 unspecified atom stereocenters. The maximum absolute atomic E-state index is 12.4. The lowest BCUT2D eigenvalue weighted by Gasteiger charge is -2.13. The number of carbonyl (C=O) groups excluding carboxylic acids is 3. The third-order valence-corrected chi connectivity index (χ3v) is 4.84. The van der Waals surface area contributed by atoms with E-state index in [9.17, 15) is 14.4 Å². The molecular weight excluding hydrogens is 383 g/mol. The Hall–Kier alpha value is -1.50. The number of carbonyl (C=O) groups is 3. The molecule has 1 aliphatic rings. The number of imide groups is 1. The molecule has 1 aromatic carbocycles. The summed E-state index contributed by atoms with van der Waals surface area (Å²) in [5.41, 5.74) is 0.613. The van der Waals surface area contributed by atoms with E-state index in [2.05, 4.69) is 5.32 Å². The number of hydrogen-bond donors (Lipinski definition) is 1. The zero-order valence-electron chi connectivity index (χ0n) is 13.8. The molecule has 1 saturated heterocycles. The molecular formula is C17H18Cl2N2O3S. The van der Waals surface area contributed by atoms with Gasteiger partial charge in [-0.15, -0.1) is 0 Å². The number of halogens is 2. The second-order valence-electron chi connectivity index (χ2n) is 5.95. The highest BCUT2D eigenvalue weighted by molar-refractivity contribution is 8.18. The van der Waals surface area contributed by atoms with Crippen LogP contribution in [0.2, 0.25) is 10.0 Å². The van der Waals surface area contributed by atoms with Gasteiger partial charge < -0.3 is 5.32 Å². The van der Waals surface area contributed by atoms with Crippen LogP contribution in [0.15, 0.2) is 23.1 Å². The zero-order chi connectivity index (χ0) is 18.6. The van der Waals surface area contributed by atoms with Gasteiger partial charge in [0, 0.05) is 29.6 Å². The first-order chi connectivity index (χ1) is 11.8. The lowest BCUT2D eigenvalue weighted by Crippen LogP contribution is -2.37. The summed E-state index contributed by atoms with van der Waals surface area (Å²) in [6, 6.07) is 4.92. The second kappa shape index (κ2) is 8.74. The Morgan fingerprint density at radius 1 is 1.32 bits per heavy atom. The van der Waals surface area contributed by atoms with Crippen LogP contribution in [0.3, 0.4) is 0 Å². The highest BCUT2D eigenvalue weighted by Gasteiger charge is 2.34. The van der Waals surface area contributed by atoms with Crippen molar-refractivity contribution in [2.75, 3.05) is 13.1 Å². The van der Waals surface area contributed by atoms with Crippen LogP contribution in [0.1, 0.15) is 25.8 Å². The number of thioether (sulfide) groups is 1. The van der Waals surface area contributed by atoms with Gasteiger partial charge in [0.25, 0.3) is 11.1 Å². The van der Waals surface area contributed by atoms with Gasteiger partial charge in [-0.05, 0) is 41.5 Å². The van der Waals surface area contributed by atoms with Crippen LogP contribution in [-0.2, 0) is 9.59 Å². The molecule has 3 amide bonds. The van der Waals surface area contributed by atoms with Crippen molar-refractivity contribution in [1.82, 2.24) is 10.2 Å². The summed E-state index contributed by atoms with van der Waals surface area (Å²) in [6.07, 6.45) is 1.98. The standard InChI is InChI=1S/C17H18Cl2N2O3S/c1-10(2)7-15(22)20-5-6-21-16(23)14(25-17(21)24)8-11-3-4-12(18)9-13(11)19/h3-4,8-10H,5-7H2,1-2H3,(H,20,22)/b14-8-. The van der Waals surface area contributed by atoms with Gasteiger partial charge in [0.1, 0.15) is 0 Å². The lowest BCUT2D eigenvalue weighted by molar-refractivity contribution is -0.124. The SMILES string of the molecule is CC(C)CC(=O)NCCN1C(=O)S/C(=C\c2ccc(Cl)cc2Cl)C1=O. The lowest BCUT2D eigenvalue weighted by atomic mass is 10.1. The van der Waals surface area contributed by atoms with Crippen molar-refractivity contribution in [3.63, 3.8) is 0 Å². The minimum absolute atomic E-state index is 0.0922. The van der Waals surface area contributed by atoms with Gasteiger partial charge in [-0.1, -0.05) is 43.1 Å². The van der Waals surface area contributed by atoms with Gasteiger partial charge in [-0.3, -0.25) is 19.3 Å². The molecule has 1 aliphatic heterocycles. The smallest absolute Gasteiger partial charge is 0.293 e. The van der Waals surface area contributed by atoms with E-state index in [1.807, 2.05) is 13.8 Å². The van der Waals surface area contributed by atoms with Crippen LogP contribution in [0.5, 0.6) is 0 Å². The van der Waals surface area contributed by atoms with Gasteiger partial charge >= 0.3 is 0 Å². The van der Waals surface area contributed by atoms with Crippen LogP contribution in [-0.4, -0.2) is 35.0 Å². The summed E-state index contributed by atoms with van der Waals surface area (Å²) in [7, 11) is 0. The molecule has 2 rings (SSSR count). The molecule has 1 fully saturated rings. The van der Waals surface area contributed by atoms with E-state index in [1.165, 1.54) is 0 Å². The van der Waals surface area contributed by atoms with E-state index >= 15 is 0 Å². The van der Waals surface area contributed by atoms with Gasteiger partial charge in [0.05, 0.1) is 4.91 Å². The Labute approximate surface area is 160 Å². The topological polar surface area (TPSA) is 66.5 Å². The van der Waals surface area contributed by atoms with E-state index in [-0.39, 0.29) is 36.1 Å². The number of nitrogens with one attached hydrogen (secondary N) is 1. The fourth-order valence-electron chi connectivity index (χ4n) is 2.20. The fourth-order valence-corrected chi connectivity index (χ4v) is 3.52. The van der Waals surface area contributed by atoms with E-state index in [4.69, 9.17) is 23.2 Å². The predicted molar refractivity (Wildman–Crippen MR) is 102 cm³/mol. The Morgan fingerprint density at radius 3 is 2.68 bits per heavy atom. The van der Waals surface area contributed by atoms with Crippen molar-refractivity contribution in [2.24, 2.45) is 5.92 Å². The quantitative estimate of drug-likeness (QED) is 0.726. The summed E-state index contributed by atoms with van der Waals surface area (Å²) in [6.45, 7) is 4.27. The first-order valence-corrected chi connectivity index (χ1v) is 9.32. The number of amides is 3. The minimum atomic E-state index is -0.390. The molecule has 1 aromatic rings. The number of rotatable bonds is 6. The van der Waals surface area contributed by atoms with Crippen molar-refractivity contribution >= 4 is 58.1 Å². The molecule has 0 aliphatic carbocycles. The van der Waals surface area contributed by atoms with E-state index in [1.54, 1.807) is 24.3 Å². The van der Waals surface area contributed by atoms with Crippen molar-refractivity contribution in [2.45, 2.75) is 20.3 Å². The van der Waals surface area contributed by atoms with Crippen LogP contribution in [0, 0.1) is 5.92 Å². The third kappa shape index (κ3) is 5.49. The Balaban J connectivity index is 1.99. The Kier molecular flexibility index (Phi) is 6.93. The normalized spacial score (nSPS) is 16.2. The highest BCUT2D eigenvalue weighted by atomic mass is 35.5. The summed E-state index contributed by atoms with van der Waals surface area (Å²) in [5.74, 6) is -0.228. The maximum Gasteiger partial charge on any atom is 0.293 e. The van der Waals surface area contributed by atoms with Gasteiger partial charge in [-0.25, -0.2) is 0 Å². The highest BCUT2D eigenvalue weighted by Crippen LogP contribution is 2.33. The summed E-state index contributed by atoms with van der Waals surface area (Å²) >= 11 is 12.8. The maximum atomic E-state index is 12.4. The molecule has 0 atom stereocenters. The second-order valence-corrected chi connectivity index (χ2v) is 7.78. The Morgan fingerprint density at radius 2 is 2.04 bits per heavy atom. The van der Waals surface area contributed by atoms with Crippen LogP contribution in [0.4, 0.5) is 4.79 Å². The largest absolute Gasteiger partial charge is 0.354 e. The van der Waals surface area contributed by atoms with Crippen LogP contribution >= 0.6 is 35.0 Å². The summed E-state index contributed by atoms with van der Waals surface area (Å²) in [5, 5.41) is 3.25. The third-order valence-electron chi connectivity index (χ3n) is 3.37. The molecule has 5 nitrogen and oxygen atoms in total. The number of hydrogen-bond acceptors (Lipinski definition) is 4. The van der Waals surface area contributed by atoms with Gasteiger partial charge in [-0.2, -0.15) is 0 Å². The molecule has 0 radical (unpaired) electrons. The molecule has 25 heavy (non-hydrogen) atoms. The van der Waals surface area contributed by atoms with Crippen molar-refractivity contribution < 1.29 is 14.4 Å². The van der Waals surface area contributed by atoms with Gasteiger partial charge in [0.2, 0.25) is 5.91 Å². The predicted octanol–water partition coefficient (Wildman–Crippen LogP) is 4.19. The van der Waals surface area contributed by atoms with Gasteiger partial charge in [0.15, 0.2) is 0 Å². The summed E-state index contributed by atoms with van der Waals surface area (Å²) < 4.78 is 0. The van der Waals surface area contributed by atoms with E-state index < -0.39 is 0 Å². The average Bonchev–Trinajstić information content (AvgIpc) is 2.76. The molecule has 1 heterocycles. The Bertz CT molecular complexity index is 735. The first kappa shape index (κ1) is 19.8. The average molecular weight is 401 g/mol. The monoisotopic (exact) mass is 400 g/mol. The molecule has 0 saturated carbocycles. The van der Waals surface area contributed by atoms with Crippen molar-refractivity contribution in [3.05, 3.63) is 38.7 Å². The minimum Gasteiger partial charge on any atom is -0.354 e. The first-order valence-electron chi connectivity index (χ1n) is 7.75. The molecule has 0 bridgehead atoms. The molecule has 134 valence electrons. The van der Waals surface area contributed by atoms with E-state index in [0.717, 1.165) is 16.7 Å². The molecule has 1 N–H and O–H groups in total. The molecule has 0 aromatic heterocycles. The fraction of sp³-hybridized carbons (Fsp3) is 0.353. The van der Waals surface area contributed by atoms with E-state index in [0.29, 0.717) is 26.9 Å². The summed E-state index contributed by atoms with van der Waals surface area (Å²) in [4.78, 5) is 37.5. The van der Waals surface area contributed by atoms with Crippen LogP contribution in [0.25, 0.3) is 6.08 Å². The van der Waals surface area contributed by atoms with Crippen LogP contribution < -0.4 is 5.32 Å². The zero-order valence-corrected chi connectivity index (χ0v) is 16.2. The molecule has 0 spiro atoms. The number of benzene rings is 1. The van der Waals surface area contributed by atoms with Crippen molar-refractivity contribution in [3.8, 4) is 0 Å². The number of nitrogens with zero attached hydrogens (tertiary/aromatic N) is 1. The molecule has 8 heteroatoms. The van der Waals surface area contributed by atoms with Crippen molar-refractivity contribution in [1.29, 1.82) is 0 Å².